The molecular formula is C16H20BrN5O3S. The lowest BCUT2D eigenvalue weighted by Crippen LogP contribution is -2.30. The van der Waals surface area contributed by atoms with E-state index in [1.807, 2.05) is 18.5 Å². The van der Waals surface area contributed by atoms with Gasteiger partial charge in [0.2, 0.25) is 0 Å². The van der Waals surface area contributed by atoms with Gasteiger partial charge in [-0.2, -0.15) is 5.10 Å². The number of nitrogens with one attached hydrogen (secondary N) is 2. The molecular weight excluding hydrogens is 422 g/mol. The lowest BCUT2D eigenvalue weighted by Gasteiger charge is -2.13. The number of benzene rings is 1. The minimum absolute atomic E-state index is 0.0395. The Kier molecular flexibility index (Phi) is 6.92. The average molecular weight is 442 g/mol. The number of nitro benzene ring substituents is 1. The molecule has 0 aliphatic heterocycles. The second kappa shape index (κ2) is 8.95. The van der Waals surface area contributed by atoms with Crippen LogP contribution in [0.1, 0.15) is 17.8 Å². The maximum absolute atomic E-state index is 10.8. The molecule has 2 N–H and O–H groups in total. The van der Waals surface area contributed by atoms with Gasteiger partial charge in [0, 0.05) is 24.8 Å². The lowest BCUT2D eigenvalue weighted by atomic mass is 10.2. The fourth-order valence-electron chi connectivity index (χ4n) is 2.39. The molecule has 26 heavy (non-hydrogen) atoms. The van der Waals surface area contributed by atoms with E-state index in [0.717, 1.165) is 28.8 Å². The number of nitrogens with zero attached hydrogens (tertiary/aromatic N) is 3. The van der Waals surface area contributed by atoms with E-state index < -0.39 is 4.92 Å². The van der Waals surface area contributed by atoms with Crippen molar-refractivity contribution in [1.29, 1.82) is 0 Å². The third-order valence-electron chi connectivity index (χ3n) is 3.77. The Balaban J connectivity index is 1.85. The van der Waals surface area contributed by atoms with Crippen LogP contribution in [0.5, 0.6) is 5.75 Å². The van der Waals surface area contributed by atoms with Crippen LogP contribution in [0.15, 0.2) is 22.7 Å². The fourth-order valence-corrected chi connectivity index (χ4v) is 2.88. The van der Waals surface area contributed by atoms with Gasteiger partial charge in [0.05, 0.1) is 34.0 Å². The second-order valence-electron chi connectivity index (χ2n) is 5.58. The first-order valence-corrected chi connectivity index (χ1v) is 9.10. The molecule has 0 radical (unpaired) electrons. The Hall–Kier alpha value is -2.20. The monoisotopic (exact) mass is 441 g/mol. The number of ether oxygens (including phenoxy) is 1. The van der Waals surface area contributed by atoms with Crippen molar-refractivity contribution < 1.29 is 9.66 Å². The van der Waals surface area contributed by atoms with Gasteiger partial charge in [-0.15, -0.1) is 0 Å². The van der Waals surface area contributed by atoms with Crippen LogP contribution in [0, 0.1) is 24.0 Å². The predicted octanol–water partition coefficient (Wildman–Crippen LogP) is 3.56. The van der Waals surface area contributed by atoms with Crippen LogP contribution in [-0.2, 0) is 6.54 Å². The summed E-state index contributed by atoms with van der Waals surface area (Å²) in [5, 5.41) is 21.8. The Labute approximate surface area is 165 Å². The fraction of sp³-hybridized carbons (Fsp3) is 0.375. The number of methoxy groups -OCH3 is 1. The highest BCUT2D eigenvalue weighted by Crippen LogP contribution is 2.28. The molecule has 0 atom stereocenters. The van der Waals surface area contributed by atoms with Crippen molar-refractivity contribution in [3.63, 3.8) is 0 Å². The van der Waals surface area contributed by atoms with Crippen LogP contribution >= 0.6 is 28.1 Å². The van der Waals surface area contributed by atoms with E-state index in [1.165, 1.54) is 19.2 Å². The average Bonchev–Trinajstić information content (AvgIpc) is 2.85. The topological polar surface area (TPSA) is 94.3 Å². The zero-order valence-corrected chi connectivity index (χ0v) is 17.1. The van der Waals surface area contributed by atoms with E-state index >= 15 is 0 Å². The number of halogens is 1. The minimum Gasteiger partial charge on any atom is -0.494 e. The highest BCUT2D eigenvalue weighted by molar-refractivity contribution is 9.10. The molecule has 140 valence electrons. The maximum atomic E-state index is 10.8. The number of aromatic nitrogens is 2. The van der Waals surface area contributed by atoms with Crippen LogP contribution in [0.4, 0.5) is 11.4 Å². The van der Waals surface area contributed by atoms with Gasteiger partial charge in [0.25, 0.3) is 5.69 Å². The molecule has 0 aliphatic carbocycles. The largest absolute Gasteiger partial charge is 0.494 e. The van der Waals surface area contributed by atoms with Crippen molar-refractivity contribution in [1.82, 2.24) is 15.1 Å². The van der Waals surface area contributed by atoms with Crippen LogP contribution in [0.25, 0.3) is 0 Å². The van der Waals surface area contributed by atoms with Gasteiger partial charge >= 0.3 is 0 Å². The zero-order valence-electron chi connectivity index (χ0n) is 14.7. The lowest BCUT2D eigenvalue weighted by molar-refractivity contribution is -0.384. The molecule has 1 aromatic heterocycles. The molecule has 0 bridgehead atoms. The van der Waals surface area contributed by atoms with E-state index in [4.69, 9.17) is 17.0 Å². The molecule has 1 heterocycles. The van der Waals surface area contributed by atoms with Crippen molar-refractivity contribution in [2.45, 2.75) is 26.8 Å². The third-order valence-corrected chi connectivity index (χ3v) is 5.16. The van der Waals surface area contributed by atoms with Gasteiger partial charge < -0.3 is 15.4 Å². The number of thiocarbonyl (C=S) groups is 1. The molecule has 0 saturated heterocycles. The van der Waals surface area contributed by atoms with Crippen molar-refractivity contribution in [2.24, 2.45) is 0 Å². The second-order valence-corrected chi connectivity index (χ2v) is 6.79. The van der Waals surface area contributed by atoms with Gasteiger partial charge in [-0.3, -0.25) is 14.8 Å². The number of anilines is 1. The van der Waals surface area contributed by atoms with Crippen LogP contribution in [-0.4, -0.2) is 33.5 Å². The predicted molar refractivity (Wildman–Crippen MR) is 108 cm³/mol. The summed E-state index contributed by atoms with van der Waals surface area (Å²) in [5.74, 6) is 0.357. The van der Waals surface area contributed by atoms with E-state index in [-0.39, 0.29) is 5.69 Å². The molecule has 0 fully saturated rings. The van der Waals surface area contributed by atoms with E-state index in [0.29, 0.717) is 23.1 Å². The van der Waals surface area contributed by atoms with E-state index in [2.05, 4.69) is 31.7 Å². The molecule has 0 amide bonds. The van der Waals surface area contributed by atoms with Crippen LogP contribution in [0.3, 0.4) is 0 Å². The quantitative estimate of drug-likeness (QED) is 0.293. The Morgan fingerprint density at radius 1 is 1.46 bits per heavy atom. The normalized spacial score (nSPS) is 10.5. The number of non-ortho nitro benzene ring substituents is 1. The first-order valence-electron chi connectivity index (χ1n) is 7.90. The highest BCUT2D eigenvalue weighted by Gasteiger charge is 2.12. The standard InChI is InChI=1S/C16H20BrN5O3S/c1-10-15(17)11(2)21(20-10)8-4-7-18-16(26)19-13-6-5-12(22(23)24)9-14(13)25-3/h5-6,9H,4,7-8H2,1-3H3,(H2,18,19,26). The molecule has 8 nitrogen and oxygen atoms in total. The highest BCUT2D eigenvalue weighted by atomic mass is 79.9. The van der Waals surface area contributed by atoms with E-state index in [9.17, 15) is 10.1 Å². The number of hydrogen-bond acceptors (Lipinski definition) is 5. The number of rotatable bonds is 7. The molecule has 2 rings (SSSR count). The van der Waals surface area contributed by atoms with Gasteiger partial charge in [0.1, 0.15) is 5.75 Å². The van der Waals surface area contributed by atoms with Crippen LogP contribution < -0.4 is 15.4 Å². The molecule has 10 heteroatoms. The molecule has 0 unspecified atom stereocenters. The molecule has 2 aromatic rings. The molecule has 0 saturated carbocycles. The van der Waals surface area contributed by atoms with E-state index in [1.54, 1.807) is 6.07 Å². The number of hydrogen-bond donors (Lipinski definition) is 2. The first-order chi connectivity index (χ1) is 12.3. The summed E-state index contributed by atoms with van der Waals surface area (Å²) in [5.41, 5.74) is 2.59. The molecule has 0 spiro atoms. The van der Waals surface area contributed by atoms with Crippen molar-refractivity contribution >= 4 is 44.6 Å². The third kappa shape index (κ3) is 4.92. The first kappa shape index (κ1) is 20.1. The van der Waals surface area contributed by atoms with Crippen molar-refractivity contribution in [3.8, 4) is 5.75 Å². The summed E-state index contributed by atoms with van der Waals surface area (Å²) in [6, 6.07) is 4.32. The Morgan fingerprint density at radius 3 is 2.77 bits per heavy atom. The summed E-state index contributed by atoms with van der Waals surface area (Å²) in [6.45, 7) is 5.42. The Morgan fingerprint density at radius 2 is 2.19 bits per heavy atom. The van der Waals surface area contributed by atoms with Gasteiger partial charge in [-0.05, 0) is 54.5 Å². The molecule has 0 aliphatic rings. The Bertz CT molecular complexity index is 824. The number of aryl methyl sites for hydroxylation is 2. The zero-order chi connectivity index (χ0) is 19.3. The van der Waals surface area contributed by atoms with Crippen molar-refractivity contribution in [3.05, 3.63) is 44.2 Å². The smallest absolute Gasteiger partial charge is 0.273 e. The number of nitro groups is 1. The maximum Gasteiger partial charge on any atom is 0.273 e. The summed E-state index contributed by atoms with van der Waals surface area (Å²) < 4.78 is 8.17. The van der Waals surface area contributed by atoms with Crippen molar-refractivity contribution in [2.75, 3.05) is 19.0 Å². The summed E-state index contributed by atoms with van der Waals surface area (Å²) in [6.07, 6.45) is 0.841. The minimum atomic E-state index is -0.472. The summed E-state index contributed by atoms with van der Waals surface area (Å²) in [7, 11) is 1.45. The van der Waals surface area contributed by atoms with Crippen LogP contribution in [0.2, 0.25) is 0 Å². The van der Waals surface area contributed by atoms with Gasteiger partial charge in [0.15, 0.2) is 5.11 Å². The SMILES string of the molecule is COc1cc([N+](=O)[O-])ccc1NC(=S)NCCCn1nc(C)c(Br)c1C. The van der Waals surface area contributed by atoms with Gasteiger partial charge in [-0.1, -0.05) is 0 Å². The summed E-state index contributed by atoms with van der Waals surface area (Å²) >= 11 is 8.78. The van der Waals surface area contributed by atoms with Gasteiger partial charge in [-0.25, -0.2) is 0 Å². The summed E-state index contributed by atoms with van der Waals surface area (Å²) in [4.78, 5) is 10.3. The molecule has 1 aromatic carbocycles.